The fourth-order valence-electron chi connectivity index (χ4n) is 1.83. The Labute approximate surface area is 126 Å². The van der Waals surface area contributed by atoms with Gasteiger partial charge in [0.05, 0.1) is 5.52 Å². The van der Waals surface area contributed by atoms with Gasteiger partial charge in [-0.3, -0.25) is 0 Å². The maximum atomic E-state index is 4.68. The van der Waals surface area contributed by atoms with Gasteiger partial charge in [-0.2, -0.15) is 0 Å². The molecule has 0 aliphatic heterocycles. The maximum absolute atomic E-state index is 4.68. The number of fused-ring (bicyclic) bond motifs is 1. The van der Waals surface area contributed by atoms with Gasteiger partial charge in [0, 0.05) is 19.0 Å². The lowest BCUT2D eigenvalue weighted by Crippen LogP contribution is -2.20. The Bertz CT molecular complexity index is 497. The molecule has 0 aliphatic carbocycles. The number of para-hydroxylation sites is 1. The Kier molecular flexibility index (Phi) is 5.85. The van der Waals surface area contributed by atoms with Crippen molar-refractivity contribution in [2.75, 3.05) is 18.5 Å². The third kappa shape index (κ3) is 3.83. The molecule has 0 saturated heterocycles. The first-order valence-electron chi connectivity index (χ1n) is 6.24. The van der Waals surface area contributed by atoms with Crippen LogP contribution in [0, 0.1) is 5.92 Å². The normalized spacial score (nSPS) is 10.4. The van der Waals surface area contributed by atoms with Gasteiger partial charge >= 0.3 is 0 Å². The fourth-order valence-corrected chi connectivity index (χ4v) is 1.83. The van der Waals surface area contributed by atoms with E-state index < -0.39 is 0 Å². The number of hydrogen-bond acceptors (Lipinski definition) is 2. The van der Waals surface area contributed by atoms with E-state index in [2.05, 4.69) is 55.0 Å². The smallest absolute Gasteiger partial charge is 0.128 e. The van der Waals surface area contributed by atoms with Crippen molar-refractivity contribution in [3.05, 3.63) is 36.4 Å². The van der Waals surface area contributed by atoms with Gasteiger partial charge < -0.3 is 4.90 Å². The van der Waals surface area contributed by atoms with Gasteiger partial charge in [-0.15, -0.1) is 24.0 Å². The number of rotatable bonds is 4. The van der Waals surface area contributed by atoms with Crippen LogP contribution in [0.3, 0.4) is 0 Å². The number of halogens is 1. The van der Waals surface area contributed by atoms with Gasteiger partial charge in [-0.25, -0.2) is 4.98 Å². The van der Waals surface area contributed by atoms with E-state index in [1.165, 1.54) is 11.8 Å². The maximum Gasteiger partial charge on any atom is 0.128 e. The van der Waals surface area contributed by atoms with Crippen molar-refractivity contribution >= 4 is 40.7 Å². The van der Waals surface area contributed by atoms with Crippen molar-refractivity contribution in [2.24, 2.45) is 5.92 Å². The summed E-state index contributed by atoms with van der Waals surface area (Å²) in [5, 5.41) is 1.20. The Hall–Kier alpha value is -0.840. The molecule has 98 valence electrons. The lowest BCUT2D eigenvalue weighted by atomic mass is 10.1. The topological polar surface area (TPSA) is 16.1 Å². The number of benzene rings is 1. The van der Waals surface area contributed by atoms with Gasteiger partial charge in [-0.1, -0.05) is 32.0 Å². The number of hydrogen-bond donors (Lipinski definition) is 0. The second-order valence-corrected chi connectivity index (χ2v) is 4.97. The van der Waals surface area contributed by atoms with Crippen molar-refractivity contribution in [3.8, 4) is 0 Å². The number of nitrogens with zero attached hydrogens (tertiary/aromatic N) is 2. The summed E-state index contributed by atoms with van der Waals surface area (Å²) in [4.78, 5) is 6.91. The predicted octanol–water partition coefficient (Wildman–Crippen LogP) is 4.34. The number of aromatic nitrogens is 1. The van der Waals surface area contributed by atoms with Crippen molar-refractivity contribution in [1.82, 2.24) is 4.98 Å². The first kappa shape index (κ1) is 15.2. The van der Waals surface area contributed by atoms with Crippen LogP contribution >= 0.6 is 24.0 Å². The standard InChI is InChI=1S/C15H20N2.HI/c1-12(2)10-11-17(3)15-9-8-13-6-4-5-7-14(13)16-15;/h4-9,12H,10-11H2,1-3H3;1H. The van der Waals surface area contributed by atoms with E-state index in [0.29, 0.717) is 0 Å². The summed E-state index contributed by atoms with van der Waals surface area (Å²) in [7, 11) is 2.11. The summed E-state index contributed by atoms with van der Waals surface area (Å²) < 4.78 is 0. The van der Waals surface area contributed by atoms with Crippen molar-refractivity contribution in [3.63, 3.8) is 0 Å². The van der Waals surface area contributed by atoms with E-state index in [0.717, 1.165) is 23.8 Å². The molecule has 18 heavy (non-hydrogen) atoms. The molecule has 2 aromatic rings. The monoisotopic (exact) mass is 356 g/mol. The highest BCUT2D eigenvalue weighted by molar-refractivity contribution is 14.0. The molecule has 2 nitrogen and oxygen atoms in total. The van der Waals surface area contributed by atoms with E-state index in [1.54, 1.807) is 0 Å². The van der Waals surface area contributed by atoms with Crippen LogP contribution in [0.25, 0.3) is 10.9 Å². The Balaban J connectivity index is 0.00000162. The second kappa shape index (κ2) is 6.92. The molecular formula is C15H21IN2. The third-order valence-corrected chi connectivity index (χ3v) is 3.02. The molecule has 0 aliphatic rings. The molecule has 1 aromatic carbocycles. The quantitative estimate of drug-likeness (QED) is 0.758. The summed E-state index contributed by atoms with van der Waals surface area (Å²) >= 11 is 0. The number of anilines is 1. The van der Waals surface area contributed by atoms with Crippen LogP contribution in [0.5, 0.6) is 0 Å². The lowest BCUT2D eigenvalue weighted by molar-refractivity contribution is 0.584. The van der Waals surface area contributed by atoms with Crippen LogP contribution in [0.1, 0.15) is 20.3 Å². The highest BCUT2D eigenvalue weighted by Crippen LogP contribution is 2.17. The van der Waals surface area contributed by atoms with Crippen LogP contribution in [-0.2, 0) is 0 Å². The molecule has 0 radical (unpaired) electrons. The van der Waals surface area contributed by atoms with Gasteiger partial charge in [0.1, 0.15) is 5.82 Å². The first-order chi connectivity index (χ1) is 8.16. The van der Waals surface area contributed by atoms with Crippen LogP contribution in [0.2, 0.25) is 0 Å². The van der Waals surface area contributed by atoms with Crippen LogP contribution < -0.4 is 4.90 Å². The predicted molar refractivity (Wildman–Crippen MR) is 89.9 cm³/mol. The van der Waals surface area contributed by atoms with E-state index in [1.807, 2.05) is 12.1 Å². The summed E-state index contributed by atoms with van der Waals surface area (Å²) in [6.45, 7) is 5.56. The fraction of sp³-hybridized carbons (Fsp3) is 0.400. The highest BCUT2D eigenvalue weighted by Gasteiger charge is 2.04. The molecule has 0 N–H and O–H groups in total. The lowest BCUT2D eigenvalue weighted by Gasteiger charge is -2.19. The van der Waals surface area contributed by atoms with Crippen molar-refractivity contribution in [1.29, 1.82) is 0 Å². The molecule has 0 amide bonds. The summed E-state index contributed by atoms with van der Waals surface area (Å²) in [6.07, 6.45) is 1.20. The molecule has 0 atom stereocenters. The molecule has 0 saturated carbocycles. The average molecular weight is 356 g/mol. The van der Waals surface area contributed by atoms with E-state index in [4.69, 9.17) is 0 Å². The van der Waals surface area contributed by atoms with E-state index in [-0.39, 0.29) is 24.0 Å². The minimum Gasteiger partial charge on any atom is -0.360 e. The van der Waals surface area contributed by atoms with Crippen LogP contribution in [-0.4, -0.2) is 18.6 Å². The first-order valence-corrected chi connectivity index (χ1v) is 6.24. The second-order valence-electron chi connectivity index (χ2n) is 4.97. The SMILES string of the molecule is CC(C)CCN(C)c1ccc2ccccc2n1.I. The minimum atomic E-state index is 0. The van der Waals surface area contributed by atoms with Crippen LogP contribution in [0.15, 0.2) is 36.4 Å². The average Bonchev–Trinajstić information content (AvgIpc) is 2.35. The zero-order valence-electron chi connectivity index (χ0n) is 11.3. The molecule has 1 heterocycles. The Morgan fingerprint density at radius 1 is 1.11 bits per heavy atom. The third-order valence-electron chi connectivity index (χ3n) is 3.02. The molecular weight excluding hydrogens is 335 g/mol. The zero-order chi connectivity index (χ0) is 12.3. The summed E-state index contributed by atoms with van der Waals surface area (Å²) in [5.74, 6) is 1.79. The molecule has 0 unspecified atom stereocenters. The molecule has 1 aromatic heterocycles. The van der Waals surface area contributed by atoms with Gasteiger partial charge in [0.25, 0.3) is 0 Å². The molecule has 0 fully saturated rings. The Morgan fingerprint density at radius 2 is 1.83 bits per heavy atom. The summed E-state index contributed by atoms with van der Waals surface area (Å²) in [5.41, 5.74) is 1.07. The zero-order valence-corrected chi connectivity index (χ0v) is 13.6. The van der Waals surface area contributed by atoms with E-state index >= 15 is 0 Å². The largest absolute Gasteiger partial charge is 0.360 e. The molecule has 0 spiro atoms. The summed E-state index contributed by atoms with van der Waals surface area (Å²) in [6, 6.07) is 12.5. The molecule has 2 rings (SSSR count). The van der Waals surface area contributed by atoms with Crippen LogP contribution in [0.4, 0.5) is 5.82 Å². The van der Waals surface area contributed by atoms with Crippen molar-refractivity contribution < 1.29 is 0 Å². The minimum absolute atomic E-state index is 0. The molecule has 0 bridgehead atoms. The van der Waals surface area contributed by atoms with E-state index in [9.17, 15) is 0 Å². The number of pyridine rings is 1. The van der Waals surface area contributed by atoms with Gasteiger partial charge in [0.15, 0.2) is 0 Å². The van der Waals surface area contributed by atoms with Gasteiger partial charge in [-0.05, 0) is 30.5 Å². The van der Waals surface area contributed by atoms with Crippen molar-refractivity contribution in [2.45, 2.75) is 20.3 Å². The highest BCUT2D eigenvalue weighted by atomic mass is 127. The Morgan fingerprint density at radius 3 is 2.56 bits per heavy atom. The molecule has 3 heteroatoms. The van der Waals surface area contributed by atoms with Gasteiger partial charge in [0.2, 0.25) is 0 Å².